The largest absolute Gasteiger partial charge is 0.396 e. The van der Waals surface area contributed by atoms with E-state index in [9.17, 15) is 0 Å². The number of hydrogen-bond donors (Lipinski definition) is 1. The zero-order valence-electron chi connectivity index (χ0n) is 10.0. The maximum Gasteiger partial charge on any atom is 0.0693 e. The highest BCUT2D eigenvalue weighted by Gasteiger charge is 2.18. The van der Waals surface area contributed by atoms with Crippen LogP contribution in [0, 0.1) is 0 Å². The summed E-state index contributed by atoms with van der Waals surface area (Å²) in [5.74, 6) is 0. The molecule has 0 amide bonds. The monoisotopic (exact) mass is 272 g/mol. The molecule has 0 radical (unpaired) electrons. The van der Waals surface area contributed by atoms with E-state index in [0.717, 1.165) is 18.7 Å². The van der Waals surface area contributed by atoms with Crippen molar-refractivity contribution in [2.75, 3.05) is 12.3 Å². The lowest BCUT2D eigenvalue weighted by Gasteiger charge is -2.33. The standard InChI is InChI=1S/C13H18Cl2N2/c1-9-4-2-3-5-17(9)8-10-6-11(14)13(16)12(15)7-10/h6-7,9H,2-5,8,16H2,1H3. The summed E-state index contributed by atoms with van der Waals surface area (Å²) in [6.45, 7) is 4.33. The molecule has 1 heterocycles. The molecule has 2 nitrogen and oxygen atoms in total. The molecular weight excluding hydrogens is 255 g/mol. The molecule has 4 heteroatoms. The van der Waals surface area contributed by atoms with Crippen molar-refractivity contribution in [3.05, 3.63) is 27.7 Å². The molecule has 0 spiro atoms. The molecule has 0 aromatic heterocycles. The Morgan fingerprint density at radius 2 is 1.94 bits per heavy atom. The third-order valence-corrected chi connectivity index (χ3v) is 4.09. The van der Waals surface area contributed by atoms with Crippen molar-refractivity contribution in [2.24, 2.45) is 0 Å². The topological polar surface area (TPSA) is 29.3 Å². The summed E-state index contributed by atoms with van der Waals surface area (Å²) in [5.41, 5.74) is 7.35. The van der Waals surface area contributed by atoms with Crippen LogP contribution in [-0.2, 0) is 6.54 Å². The molecule has 0 saturated carbocycles. The van der Waals surface area contributed by atoms with E-state index < -0.39 is 0 Å². The highest BCUT2D eigenvalue weighted by atomic mass is 35.5. The van der Waals surface area contributed by atoms with Gasteiger partial charge >= 0.3 is 0 Å². The predicted molar refractivity (Wildman–Crippen MR) is 74.6 cm³/mol. The first kappa shape index (κ1) is 13.0. The lowest BCUT2D eigenvalue weighted by atomic mass is 10.0. The summed E-state index contributed by atoms with van der Waals surface area (Å²) < 4.78 is 0. The molecule has 94 valence electrons. The zero-order chi connectivity index (χ0) is 12.4. The molecule has 0 aliphatic carbocycles. The molecule has 17 heavy (non-hydrogen) atoms. The molecule has 2 rings (SSSR count). The maximum atomic E-state index is 6.05. The van der Waals surface area contributed by atoms with Gasteiger partial charge in [-0.3, -0.25) is 4.90 Å². The minimum absolute atomic E-state index is 0.476. The van der Waals surface area contributed by atoms with Gasteiger partial charge in [0.2, 0.25) is 0 Å². The average Bonchev–Trinajstić information content (AvgIpc) is 2.29. The Balaban J connectivity index is 2.12. The number of piperidine rings is 1. The van der Waals surface area contributed by atoms with Gasteiger partial charge in [0.15, 0.2) is 0 Å². The number of rotatable bonds is 2. The number of benzene rings is 1. The second kappa shape index (κ2) is 5.47. The van der Waals surface area contributed by atoms with E-state index in [1.54, 1.807) is 0 Å². The van der Waals surface area contributed by atoms with Crippen LogP contribution in [-0.4, -0.2) is 17.5 Å². The highest BCUT2D eigenvalue weighted by Crippen LogP contribution is 2.30. The summed E-state index contributed by atoms with van der Waals surface area (Å²) in [6.07, 6.45) is 3.89. The van der Waals surface area contributed by atoms with Gasteiger partial charge in [0.1, 0.15) is 0 Å². The van der Waals surface area contributed by atoms with E-state index in [0.29, 0.717) is 21.8 Å². The maximum absolute atomic E-state index is 6.05. The number of nitrogens with zero attached hydrogens (tertiary/aromatic N) is 1. The number of likely N-dealkylation sites (tertiary alicyclic amines) is 1. The molecule has 1 aromatic rings. The van der Waals surface area contributed by atoms with Crippen LogP contribution in [0.15, 0.2) is 12.1 Å². The van der Waals surface area contributed by atoms with E-state index in [1.807, 2.05) is 12.1 Å². The minimum Gasteiger partial charge on any atom is -0.396 e. The minimum atomic E-state index is 0.476. The lowest BCUT2D eigenvalue weighted by molar-refractivity contribution is 0.152. The molecule has 1 unspecified atom stereocenters. The van der Waals surface area contributed by atoms with Crippen LogP contribution < -0.4 is 5.73 Å². The Kier molecular flexibility index (Phi) is 4.18. The number of anilines is 1. The predicted octanol–water partition coefficient (Wildman–Crippen LogP) is 3.95. The summed E-state index contributed by atoms with van der Waals surface area (Å²) in [7, 11) is 0. The SMILES string of the molecule is CC1CCCCN1Cc1cc(Cl)c(N)c(Cl)c1. The number of nitrogens with two attached hydrogens (primary N) is 1. The fourth-order valence-electron chi connectivity index (χ4n) is 2.36. The van der Waals surface area contributed by atoms with Crippen molar-refractivity contribution < 1.29 is 0 Å². The van der Waals surface area contributed by atoms with Crippen molar-refractivity contribution in [1.82, 2.24) is 4.90 Å². The first-order valence-corrected chi connectivity index (χ1v) is 6.81. The van der Waals surface area contributed by atoms with Crippen LogP contribution in [0.2, 0.25) is 10.0 Å². The Labute approximate surface area is 113 Å². The summed E-state index contributed by atoms with van der Waals surface area (Å²) >= 11 is 12.1. The molecule has 0 bridgehead atoms. The first-order valence-electron chi connectivity index (χ1n) is 6.05. The Morgan fingerprint density at radius 3 is 2.53 bits per heavy atom. The molecule has 1 atom stereocenters. The van der Waals surface area contributed by atoms with Gasteiger partial charge in [-0.05, 0) is 44.0 Å². The Hall–Kier alpha value is -0.440. The molecule has 1 fully saturated rings. The van der Waals surface area contributed by atoms with Crippen molar-refractivity contribution >= 4 is 28.9 Å². The van der Waals surface area contributed by atoms with Crippen molar-refractivity contribution in [1.29, 1.82) is 0 Å². The van der Waals surface area contributed by atoms with E-state index >= 15 is 0 Å². The van der Waals surface area contributed by atoms with Gasteiger partial charge in [-0.1, -0.05) is 29.6 Å². The third kappa shape index (κ3) is 3.06. The van der Waals surface area contributed by atoms with E-state index in [4.69, 9.17) is 28.9 Å². The third-order valence-electron chi connectivity index (χ3n) is 3.47. The van der Waals surface area contributed by atoms with E-state index in [-0.39, 0.29) is 0 Å². The van der Waals surface area contributed by atoms with Gasteiger partial charge in [0.25, 0.3) is 0 Å². The molecule has 1 aliphatic rings. The molecule has 1 saturated heterocycles. The number of halogens is 2. The fourth-order valence-corrected chi connectivity index (χ4v) is 2.89. The van der Waals surface area contributed by atoms with Gasteiger partial charge in [0.05, 0.1) is 15.7 Å². The van der Waals surface area contributed by atoms with Crippen LogP contribution in [0.4, 0.5) is 5.69 Å². The normalized spacial score (nSPS) is 21.7. The smallest absolute Gasteiger partial charge is 0.0693 e. The van der Waals surface area contributed by atoms with Crippen LogP contribution >= 0.6 is 23.2 Å². The summed E-state index contributed by atoms with van der Waals surface area (Å²) in [5, 5.41) is 1.11. The highest BCUT2D eigenvalue weighted by molar-refractivity contribution is 6.38. The number of hydrogen-bond acceptors (Lipinski definition) is 2. The van der Waals surface area contributed by atoms with Gasteiger partial charge in [-0.2, -0.15) is 0 Å². The average molecular weight is 273 g/mol. The van der Waals surface area contributed by atoms with Gasteiger partial charge in [0, 0.05) is 12.6 Å². The number of nitrogen functional groups attached to an aromatic ring is 1. The Bertz CT molecular complexity index is 383. The second-order valence-electron chi connectivity index (χ2n) is 4.79. The van der Waals surface area contributed by atoms with Crippen molar-refractivity contribution in [3.8, 4) is 0 Å². The summed E-state index contributed by atoms with van der Waals surface area (Å²) in [6, 6.07) is 4.48. The van der Waals surface area contributed by atoms with Gasteiger partial charge in [-0.25, -0.2) is 0 Å². The molecular formula is C13H18Cl2N2. The Morgan fingerprint density at radius 1 is 1.29 bits per heavy atom. The van der Waals surface area contributed by atoms with Crippen molar-refractivity contribution in [3.63, 3.8) is 0 Å². The van der Waals surface area contributed by atoms with Crippen LogP contribution in [0.1, 0.15) is 31.7 Å². The zero-order valence-corrected chi connectivity index (χ0v) is 11.6. The van der Waals surface area contributed by atoms with Crippen molar-refractivity contribution in [2.45, 2.75) is 38.8 Å². The van der Waals surface area contributed by atoms with E-state index in [2.05, 4.69) is 11.8 Å². The van der Waals surface area contributed by atoms with Crippen LogP contribution in [0.25, 0.3) is 0 Å². The van der Waals surface area contributed by atoms with Gasteiger partial charge < -0.3 is 5.73 Å². The van der Waals surface area contributed by atoms with Crippen LogP contribution in [0.5, 0.6) is 0 Å². The summed E-state index contributed by atoms with van der Waals surface area (Å²) in [4.78, 5) is 2.47. The lowest BCUT2D eigenvalue weighted by Crippen LogP contribution is -2.36. The van der Waals surface area contributed by atoms with Crippen LogP contribution in [0.3, 0.4) is 0 Å². The molecule has 2 N–H and O–H groups in total. The second-order valence-corrected chi connectivity index (χ2v) is 5.60. The molecule has 1 aromatic carbocycles. The first-order chi connectivity index (χ1) is 8.08. The quantitative estimate of drug-likeness (QED) is 0.827. The van der Waals surface area contributed by atoms with E-state index in [1.165, 1.54) is 19.3 Å². The fraction of sp³-hybridized carbons (Fsp3) is 0.538. The van der Waals surface area contributed by atoms with Gasteiger partial charge in [-0.15, -0.1) is 0 Å². The molecule has 1 aliphatic heterocycles.